The van der Waals surface area contributed by atoms with E-state index in [9.17, 15) is 0 Å². The van der Waals surface area contributed by atoms with Gasteiger partial charge in [0.05, 0.1) is 0 Å². The summed E-state index contributed by atoms with van der Waals surface area (Å²) >= 11 is 1.93. The molecular formula is C45H39N3S. The quantitative estimate of drug-likeness (QED) is 0.0641. The van der Waals surface area contributed by atoms with Crippen LogP contribution in [0.15, 0.2) is 162 Å². The summed E-state index contributed by atoms with van der Waals surface area (Å²) in [5, 5.41) is 14.1. The molecule has 1 aliphatic rings. The Morgan fingerprint density at radius 3 is 1.88 bits per heavy atom. The Kier molecular flexibility index (Phi) is 9.23. The number of fused-ring (bicyclic) bond motifs is 10. The Hall–Kier alpha value is -5.71. The number of hydrazone groups is 1. The maximum Gasteiger partial charge on any atom is 0.150 e. The third kappa shape index (κ3) is 6.43. The average Bonchev–Trinajstić information content (AvgIpc) is 3.55. The van der Waals surface area contributed by atoms with Crippen molar-refractivity contribution in [3.8, 4) is 11.1 Å². The summed E-state index contributed by atoms with van der Waals surface area (Å²) in [6.45, 7) is 4.31. The van der Waals surface area contributed by atoms with Gasteiger partial charge in [-0.15, -0.1) is 11.3 Å². The highest BCUT2D eigenvalue weighted by Gasteiger charge is 2.18. The summed E-state index contributed by atoms with van der Waals surface area (Å²) in [4.78, 5) is 0. The molecule has 7 aromatic carbocycles. The number of nitrogens with two attached hydrogens (primary N) is 2. The summed E-state index contributed by atoms with van der Waals surface area (Å²) in [7, 11) is 0. The molecule has 49 heavy (non-hydrogen) atoms. The second kappa shape index (κ2) is 14.2. The van der Waals surface area contributed by atoms with E-state index >= 15 is 0 Å². The molecule has 4 heteroatoms. The maximum absolute atomic E-state index is 5.42. The Balaban J connectivity index is 0.000000183. The third-order valence-corrected chi connectivity index (χ3v) is 10.3. The van der Waals surface area contributed by atoms with E-state index in [2.05, 4.69) is 140 Å². The predicted molar refractivity (Wildman–Crippen MR) is 216 cm³/mol. The molecule has 3 nitrogen and oxygen atoms in total. The molecule has 0 radical (unpaired) electrons. The number of rotatable bonds is 2. The van der Waals surface area contributed by atoms with E-state index in [4.69, 9.17) is 11.6 Å². The van der Waals surface area contributed by atoms with Crippen LogP contribution < -0.4 is 11.6 Å². The number of thiophene rings is 1. The van der Waals surface area contributed by atoms with Gasteiger partial charge < -0.3 is 11.6 Å². The van der Waals surface area contributed by atoms with Crippen LogP contribution in [0.5, 0.6) is 0 Å². The topological polar surface area (TPSA) is 64.4 Å². The molecule has 8 aromatic rings. The van der Waals surface area contributed by atoms with Crippen LogP contribution in [0, 0.1) is 6.92 Å². The zero-order valence-corrected chi connectivity index (χ0v) is 28.7. The van der Waals surface area contributed by atoms with Gasteiger partial charge in [0.15, 0.2) is 0 Å². The van der Waals surface area contributed by atoms with Crippen molar-refractivity contribution >= 4 is 69.7 Å². The second-order valence-corrected chi connectivity index (χ2v) is 13.5. The van der Waals surface area contributed by atoms with E-state index in [-0.39, 0.29) is 0 Å². The van der Waals surface area contributed by atoms with Crippen LogP contribution in [0.1, 0.15) is 30.9 Å². The molecule has 0 atom stereocenters. The van der Waals surface area contributed by atoms with E-state index in [1.54, 1.807) is 0 Å². The first-order valence-electron chi connectivity index (χ1n) is 16.7. The second-order valence-electron chi connectivity index (χ2n) is 12.4. The van der Waals surface area contributed by atoms with Gasteiger partial charge in [0.2, 0.25) is 0 Å². The zero-order chi connectivity index (χ0) is 33.7. The van der Waals surface area contributed by atoms with E-state index in [1.165, 1.54) is 87.6 Å². The van der Waals surface area contributed by atoms with E-state index in [1.807, 2.05) is 41.7 Å². The number of allylic oxidation sites excluding steroid dienone is 4. The maximum atomic E-state index is 5.42. The van der Waals surface area contributed by atoms with Crippen molar-refractivity contribution in [1.29, 1.82) is 0 Å². The fourth-order valence-electron chi connectivity index (χ4n) is 6.74. The molecule has 4 N–H and O–H groups in total. The summed E-state index contributed by atoms with van der Waals surface area (Å²) in [6, 6.07) is 47.4. The first-order chi connectivity index (χ1) is 24.0. The molecule has 0 fully saturated rings. The minimum absolute atomic E-state index is 0.362. The minimum Gasteiger partial charge on any atom is -0.382 e. The SMILES string of the molecule is CC1=CCCC=C1.Cc1cccc(-c2cc3c4ccccc4c4ccccc4c3c3sc4ccccc4c23)c1.N/N=C(\N)c1ccccc1. The molecule has 240 valence electrons. The van der Waals surface area contributed by atoms with Gasteiger partial charge in [-0.2, -0.15) is 5.10 Å². The molecule has 1 aliphatic carbocycles. The van der Waals surface area contributed by atoms with Crippen molar-refractivity contribution in [1.82, 2.24) is 0 Å². The van der Waals surface area contributed by atoms with Crippen molar-refractivity contribution < 1.29 is 0 Å². The van der Waals surface area contributed by atoms with Crippen molar-refractivity contribution in [3.05, 3.63) is 168 Å². The third-order valence-electron chi connectivity index (χ3n) is 9.07. The first-order valence-corrected chi connectivity index (χ1v) is 17.5. The highest BCUT2D eigenvalue weighted by atomic mass is 32.1. The first kappa shape index (κ1) is 31.9. The van der Waals surface area contributed by atoms with Crippen molar-refractivity contribution in [3.63, 3.8) is 0 Å². The Bertz CT molecular complexity index is 2540. The average molecular weight is 654 g/mol. The zero-order valence-electron chi connectivity index (χ0n) is 27.9. The molecule has 1 aromatic heterocycles. The molecule has 0 unspecified atom stereocenters. The number of amidine groups is 1. The predicted octanol–water partition coefficient (Wildman–Crippen LogP) is 12.0. The van der Waals surface area contributed by atoms with Gasteiger partial charge in [-0.05, 0) is 76.9 Å². The Morgan fingerprint density at radius 2 is 1.24 bits per heavy atom. The van der Waals surface area contributed by atoms with Crippen LogP contribution in [0.25, 0.3) is 63.6 Å². The highest BCUT2D eigenvalue weighted by Crippen LogP contribution is 2.48. The molecule has 0 aliphatic heterocycles. The normalized spacial score (nSPS) is 12.9. The summed E-state index contributed by atoms with van der Waals surface area (Å²) in [6.07, 6.45) is 9.12. The van der Waals surface area contributed by atoms with Crippen molar-refractivity contribution in [2.24, 2.45) is 16.7 Å². The van der Waals surface area contributed by atoms with E-state index in [0.29, 0.717) is 5.84 Å². The standard InChI is InChI=1S/C31H20S.C7H9N3.C7H10/c1-19-9-8-10-20(17-19)26-18-27-23-13-3-2-11-21(23)22-12-4-5-14-24(22)29(27)31-30(26)25-15-6-7-16-28(25)32-31;8-7(10-9)6-4-2-1-3-5-6;1-7-5-3-2-4-6-7/h2-18H,1H3;1-5H,9H2,(H2,8,10);3,5-6H,2,4H2,1H3. The number of benzene rings is 7. The van der Waals surface area contributed by atoms with E-state index < -0.39 is 0 Å². The molecule has 9 rings (SSSR count). The van der Waals surface area contributed by atoms with Crippen molar-refractivity contribution in [2.45, 2.75) is 26.7 Å². The summed E-state index contributed by atoms with van der Waals surface area (Å²) in [5.74, 6) is 5.33. The fourth-order valence-corrected chi connectivity index (χ4v) is 8.03. The summed E-state index contributed by atoms with van der Waals surface area (Å²) < 4.78 is 2.74. The van der Waals surface area contributed by atoms with Gasteiger partial charge in [0, 0.05) is 31.1 Å². The smallest absolute Gasteiger partial charge is 0.150 e. The van der Waals surface area contributed by atoms with Gasteiger partial charge in [0.25, 0.3) is 0 Å². The minimum atomic E-state index is 0.362. The molecule has 0 saturated carbocycles. The van der Waals surface area contributed by atoms with Gasteiger partial charge >= 0.3 is 0 Å². The molecular weight excluding hydrogens is 615 g/mol. The fraction of sp³-hybridized carbons (Fsp3) is 0.0889. The van der Waals surface area contributed by atoms with Crippen LogP contribution in [-0.2, 0) is 0 Å². The van der Waals surface area contributed by atoms with E-state index in [0.717, 1.165) is 5.56 Å². The van der Waals surface area contributed by atoms with Gasteiger partial charge in [-0.25, -0.2) is 0 Å². The number of aryl methyl sites for hydroxylation is 1. The highest BCUT2D eigenvalue weighted by molar-refractivity contribution is 7.27. The lowest BCUT2D eigenvalue weighted by atomic mass is 9.89. The molecule has 0 amide bonds. The van der Waals surface area contributed by atoms with Gasteiger partial charge in [-0.3, -0.25) is 0 Å². The molecule has 0 bridgehead atoms. The van der Waals surface area contributed by atoms with Gasteiger partial charge in [-0.1, -0.05) is 151 Å². The number of hydrogen-bond donors (Lipinski definition) is 2. The lowest BCUT2D eigenvalue weighted by molar-refractivity contribution is 1.02. The number of nitrogens with zero attached hydrogens (tertiary/aromatic N) is 1. The lowest BCUT2D eigenvalue weighted by Gasteiger charge is -2.14. The van der Waals surface area contributed by atoms with Crippen molar-refractivity contribution in [2.75, 3.05) is 0 Å². The Labute approximate surface area is 291 Å². The van der Waals surface area contributed by atoms with Crippen LogP contribution in [0.4, 0.5) is 0 Å². The molecule has 0 saturated heterocycles. The molecule has 1 heterocycles. The largest absolute Gasteiger partial charge is 0.382 e. The van der Waals surface area contributed by atoms with Gasteiger partial charge in [0.1, 0.15) is 5.84 Å². The number of hydrogen-bond acceptors (Lipinski definition) is 3. The lowest BCUT2D eigenvalue weighted by Crippen LogP contribution is -2.14. The Morgan fingerprint density at radius 1 is 0.612 bits per heavy atom. The molecule has 0 spiro atoms. The summed E-state index contributed by atoms with van der Waals surface area (Å²) in [5.41, 5.74) is 11.6. The van der Waals surface area contributed by atoms with Crippen LogP contribution in [0.3, 0.4) is 0 Å². The van der Waals surface area contributed by atoms with Crippen LogP contribution >= 0.6 is 11.3 Å². The monoisotopic (exact) mass is 653 g/mol. The van der Waals surface area contributed by atoms with Crippen LogP contribution in [-0.4, -0.2) is 5.84 Å². The van der Waals surface area contributed by atoms with Crippen LogP contribution in [0.2, 0.25) is 0 Å².